The molecule has 1 heterocycles. The first kappa shape index (κ1) is 22.6. The van der Waals surface area contributed by atoms with Crippen molar-refractivity contribution in [2.75, 3.05) is 11.6 Å². The van der Waals surface area contributed by atoms with E-state index in [9.17, 15) is 14.9 Å². The molecule has 8 nitrogen and oxygen atoms in total. The van der Waals surface area contributed by atoms with Crippen LogP contribution >= 0.6 is 27.3 Å². The molecule has 0 spiro atoms. The normalized spacial score (nSPS) is 11.1. The number of nitrogens with zero attached hydrogens (tertiary/aromatic N) is 4. The number of carbonyl (C=O) groups is 1. The number of aromatic nitrogens is 1. The summed E-state index contributed by atoms with van der Waals surface area (Å²) >= 11 is 4.78. The van der Waals surface area contributed by atoms with Gasteiger partial charge in [0.05, 0.1) is 28.0 Å². The molecule has 33 heavy (non-hydrogen) atoms. The number of nitro benzene ring substituents is 1. The topological polar surface area (TPSA) is 97.9 Å². The Hall–Kier alpha value is -3.63. The summed E-state index contributed by atoms with van der Waals surface area (Å²) in [7, 11) is 0. The predicted octanol–water partition coefficient (Wildman–Crippen LogP) is 6.05. The predicted molar refractivity (Wildman–Crippen MR) is 132 cm³/mol. The maximum absolute atomic E-state index is 13.4. The number of thiazole rings is 1. The number of fused-ring (bicyclic) bond motifs is 1. The molecular weight excluding hydrogens is 508 g/mol. The molecule has 0 saturated heterocycles. The molecule has 0 N–H and O–H groups in total. The molecule has 0 saturated carbocycles. The molecule has 4 rings (SSSR count). The lowest BCUT2D eigenvalue weighted by atomic mass is 10.2. The number of hydrogen-bond donors (Lipinski definition) is 0. The van der Waals surface area contributed by atoms with E-state index < -0.39 is 4.92 Å². The Kier molecular flexibility index (Phi) is 6.76. The lowest BCUT2D eigenvalue weighted by Gasteiger charge is -2.14. The molecule has 1 amide bonds. The average Bonchev–Trinajstić information content (AvgIpc) is 3.23. The van der Waals surface area contributed by atoms with Crippen molar-refractivity contribution in [3.05, 3.63) is 92.4 Å². The van der Waals surface area contributed by atoms with E-state index in [0.29, 0.717) is 28.6 Å². The standard InChI is InChI=1S/C23H17BrN4O4S/c1-2-32-19-10-5-16(6-11-19)22(29)27(23-26-20-12-7-17(24)13-21(20)33-23)25-14-15-3-8-18(9-4-15)28(30)31/h3-14H,2H2,1H3/b25-14+. The molecule has 0 bridgehead atoms. The van der Waals surface area contributed by atoms with Gasteiger partial charge in [0.15, 0.2) is 0 Å². The van der Waals surface area contributed by atoms with Gasteiger partial charge in [-0.15, -0.1) is 0 Å². The van der Waals surface area contributed by atoms with E-state index in [1.165, 1.54) is 34.7 Å². The first-order valence-corrected chi connectivity index (χ1v) is 11.5. The maximum Gasteiger partial charge on any atom is 0.280 e. The van der Waals surface area contributed by atoms with Gasteiger partial charge in [0, 0.05) is 22.2 Å². The molecule has 1 aromatic heterocycles. The molecule has 0 atom stereocenters. The number of non-ortho nitro benzene ring substituents is 1. The Morgan fingerprint density at radius 3 is 2.58 bits per heavy atom. The minimum Gasteiger partial charge on any atom is -0.494 e. The SMILES string of the molecule is CCOc1ccc(C(=O)N(/N=C/c2ccc([N+](=O)[O-])cc2)c2nc3ccc(Br)cc3s2)cc1. The molecule has 0 unspecified atom stereocenters. The number of benzene rings is 3. The van der Waals surface area contributed by atoms with Crippen molar-refractivity contribution >= 4 is 60.4 Å². The third-order valence-corrected chi connectivity index (χ3v) is 6.04. The summed E-state index contributed by atoms with van der Waals surface area (Å²) in [6.07, 6.45) is 1.47. The molecule has 166 valence electrons. The monoisotopic (exact) mass is 524 g/mol. The summed E-state index contributed by atoms with van der Waals surface area (Å²) in [6, 6.07) is 18.4. The second-order valence-corrected chi connectivity index (χ2v) is 8.70. The van der Waals surface area contributed by atoms with Crippen molar-refractivity contribution in [1.29, 1.82) is 0 Å². The molecule has 3 aromatic carbocycles. The van der Waals surface area contributed by atoms with Gasteiger partial charge in [-0.25, -0.2) is 4.98 Å². The summed E-state index contributed by atoms with van der Waals surface area (Å²) in [5, 5.41) is 16.9. The number of anilines is 1. The molecule has 0 aliphatic carbocycles. The first-order valence-electron chi connectivity index (χ1n) is 9.86. The molecule has 0 radical (unpaired) electrons. The Labute approximate surface area is 201 Å². The highest BCUT2D eigenvalue weighted by Gasteiger charge is 2.21. The van der Waals surface area contributed by atoms with Crippen molar-refractivity contribution < 1.29 is 14.5 Å². The first-order chi connectivity index (χ1) is 15.9. The summed E-state index contributed by atoms with van der Waals surface area (Å²) in [5.74, 6) is 0.300. The van der Waals surface area contributed by atoms with Crippen molar-refractivity contribution in [1.82, 2.24) is 4.98 Å². The van der Waals surface area contributed by atoms with Gasteiger partial charge in [-0.1, -0.05) is 27.3 Å². The Morgan fingerprint density at radius 1 is 1.18 bits per heavy atom. The lowest BCUT2D eigenvalue weighted by molar-refractivity contribution is -0.384. The van der Waals surface area contributed by atoms with Crippen LogP contribution in [0.2, 0.25) is 0 Å². The van der Waals surface area contributed by atoms with Crippen LogP contribution in [0.1, 0.15) is 22.8 Å². The van der Waals surface area contributed by atoms with Crippen LogP contribution in [0.4, 0.5) is 10.8 Å². The second kappa shape index (κ2) is 9.88. The largest absolute Gasteiger partial charge is 0.494 e. The van der Waals surface area contributed by atoms with E-state index in [0.717, 1.165) is 14.7 Å². The zero-order chi connectivity index (χ0) is 23.4. The van der Waals surface area contributed by atoms with Gasteiger partial charge in [0.2, 0.25) is 5.13 Å². The van der Waals surface area contributed by atoms with Gasteiger partial charge >= 0.3 is 0 Å². The van der Waals surface area contributed by atoms with Gasteiger partial charge in [-0.2, -0.15) is 10.1 Å². The number of carbonyl (C=O) groups excluding carboxylic acids is 1. The summed E-state index contributed by atoms with van der Waals surface area (Å²) in [5.41, 5.74) is 1.74. The fourth-order valence-electron chi connectivity index (χ4n) is 2.95. The smallest absolute Gasteiger partial charge is 0.280 e. The van der Waals surface area contributed by atoms with Gasteiger partial charge in [-0.3, -0.25) is 14.9 Å². The van der Waals surface area contributed by atoms with Crippen molar-refractivity contribution in [3.8, 4) is 5.75 Å². The number of amides is 1. The third kappa shape index (κ3) is 5.24. The van der Waals surface area contributed by atoms with Crippen LogP contribution in [0.3, 0.4) is 0 Å². The van der Waals surface area contributed by atoms with E-state index in [-0.39, 0.29) is 11.6 Å². The summed E-state index contributed by atoms with van der Waals surface area (Å²) in [4.78, 5) is 28.3. The van der Waals surface area contributed by atoms with Crippen molar-refractivity contribution in [3.63, 3.8) is 0 Å². The third-order valence-electron chi connectivity index (χ3n) is 4.55. The van der Waals surface area contributed by atoms with Gasteiger partial charge in [0.25, 0.3) is 11.6 Å². The van der Waals surface area contributed by atoms with Crippen LogP contribution < -0.4 is 9.75 Å². The fourth-order valence-corrected chi connectivity index (χ4v) is 4.43. The molecule has 0 aliphatic heterocycles. The zero-order valence-electron chi connectivity index (χ0n) is 17.3. The van der Waals surface area contributed by atoms with E-state index in [2.05, 4.69) is 26.0 Å². The van der Waals surface area contributed by atoms with E-state index in [1.54, 1.807) is 36.4 Å². The molecule has 0 fully saturated rings. The van der Waals surface area contributed by atoms with Crippen LogP contribution in [0.5, 0.6) is 5.75 Å². The van der Waals surface area contributed by atoms with E-state index in [4.69, 9.17) is 4.74 Å². The van der Waals surface area contributed by atoms with Crippen molar-refractivity contribution in [2.24, 2.45) is 5.10 Å². The number of halogens is 1. The van der Waals surface area contributed by atoms with Gasteiger partial charge < -0.3 is 4.74 Å². The zero-order valence-corrected chi connectivity index (χ0v) is 19.7. The molecular formula is C23H17BrN4O4S. The quantitative estimate of drug-likeness (QED) is 0.166. The molecule has 0 aliphatic rings. The Balaban J connectivity index is 1.70. The van der Waals surface area contributed by atoms with Crippen molar-refractivity contribution in [2.45, 2.75) is 6.92 Å². The average molecular weight is 525 g/mol. The fraction of sp³-hybridized carbons (Fsp3) is 0.0870. The highest BCUT2D eigenvalue weighted by atomic mass is 79.9. The van der Waals surface area contributed by atoms with Crippen LogP contribution in [-0.4, -0.2) is 28.6 Å². The number of hydrazone groups is 1. The van der Waals surface area contributed by atoms with Crippen LogP contribution in [0, 0.1) is 10.1 Å². The minimum absolute atomic E-state index is 0.0220. The molecule has 10 heteroatoms. The van der Waals surface area contributed by atoms with Gasteiger partial charge in [0.1, 0.15) is 5.75 Å². The van der Waals surface area contributed by atoms with Crippen LogP contribution in [0.15, 0.2) is 76.3 Å². The highest BCUT2D eigenvalue weighted by Crippen LogP contribution is 2.32. The van der Waals surface area contributed by atoms with Crippen LogP contribution in [-0.2, 0) is 0 Å². The number of ether oxygens (including phenoxy) is 1. The Morgan fingerprint density at radius 2 is 1.91 bits per heavy atom. The second-order valence-electron chi connectivity index (χ2n) is 6.78. The number of rotatable bonds is 7. The number of hydrogen-bond acceptors (Lipinski definition) is 7. The maximum atomic E-state index is 13.4. The van der Waals surface area contributed by atoms with Crippen LogP contribution in [0.25, 0.3) is 10.2 Å². The summed E-state index contributed by atoms with van der Waals surface area (Å²) < 4.78 is 7.26. The molecule has 4 aromatic rings. The summed E-state index contributed by atoms with van der Waals surface area (Å²) in [6.45, 7) is 2.42. The van der Waals surface area contributed by atoms with E-state index in [1.807, 2.05) is 25.1 Å². The van der Waals surface area contributed by atoms with Gasteiger partial charge in [-0.05, 0) is 67.1 Å². The number of nitro groups is 1. The minimum atomic E-state index is -0.470. The highest BCUT2D eigenvalue weighted by molar-refractivity contribution is 9.10. The lowest BCUT2D eigenvalue weighted by Crippen LogP contribution is -2.25. The Bertz CT molecular complexity index is 1340. The van der Waals surface area contributed by atoms with E-state index >= 15 is 0 Å².